The van der Waals surface area contributed by atoms with E-state index in [1.165, 1.54) is 0 Å². The van der Waals surface area contributed by atoms with Crippen LogP contribution in [-0.2, 0) is 4.79 Å². The van der Waals surface area contributed by atoms with Crippen LogP contribution in [0.5, 0.6) is 0 Å². The Morgan fingerprint density at radius 3 is 2.60 bits per heavy atom. The first kappa shape index (κ1) is 11.7. The summed E-state index contributed by atoms with van der Waals surface area (Å²) in [6.45, 7) is 3.91. The molecule has 1 atom stereocenters. The van der Waals surface area contributed by atoms with Gasteiger partial charge >= 0.3 is 5.97 Å². The Hall–Kier alpha value is -1.35. The van der Waals surface area contributed by atoms with E-state index in [0.29, 0.717) is 0 Å². The van der Waals surface area contributed by atoms with Crippen molar-refractivity contribution in [3.05, 3.63) is 34.9 Å². The molecule has 15 heavy (non-hydrogen) atoms. The lowest BCUT2D eigenvalue weighted by Gasteiger charge is -2.13. The van der Waals surface area contributed by atoms with Gasteiger partial charge in [0.05, 0.1) is 6.10 Å². The van der Waals surface area contributed by atoms with Crippen molar-refractivity contribution in [3.8, 4) is 0 Å². The van der Waals surface area contributed by atoms with Crippen LogP contribution in [0.25, 0.3) is 0 Å². The van der Waals surface area contributed by atoms with E-state index in [0.717, 1.165) is 16.7 Å². The number of aliphatic hydroxyl groups is 1. The lowest BCUT2D eigenvalue weighted by molar-refractivity contribution is -0.137. The molecule has 0 aromatic heterocycles. The molecule has 0 aliphatic rings. The second-order valence-corrected chi connectivity index (χ2v) is 3.81. The van der Waals surface area contributed by atoms with Crippen molar-refractivity contribution in [1.82, 2.24) is 0 Å². The Balaban J connectivity index is 2.73. The highest BCUT2D eigenvalue weighted by molar-refractivity contribution is 5.66. The number of benzene rings is 1. The molecule has 0 fully saturated rings. The van der Waals surface area contributed by atoms with Crippen LogP contribution >= 0.6 is 0 Å². The van der Waals surface area contributed by atoms with Gasteiger partial charge in [-0.25, -0.2) is 0 Å². The number of aliphatic carboxylic acids is 1. The van der Waals surface area contributed by atoms with E-state index in [-0.39, 0.29) is 12.8 Å². The summed E-state index contributed by atoms with van der Waals surface area (Å²) in [5.74, 6) is -0.876. The number of carboxylic acids is 1. The number of carboxylic acid groups (broad SMARTS) is 1. The van der Waals surface area contributed by atoms with Crippen LogP contribution in [0.15, 0.2) is 18.2 Å². The first-order valence-corrected chi connectivity index (χ1v) is 4.97. The maximum atomic E-state index is 10.4. The van der Waals surface area contributed by atoms with Crippen molar-refractivity contribution < 1.29 is 15.0 Å². The monoisotopic (exact) mass is 208 g/mol. The molecule has 0 aliphatic carbocycles. The van der Waals surface area contributed by atoms with Crippen LogP contribution < -0.4 is 0 Å². The third kappa shape index (κ3) is 3.36. The molecular formula is C12H16O3. The third-order valence-electron chi connectivity index (χ3n) is 2.42. The fraction of sp³-hybridized carbons (Fsp3) is 0.417. The Morgan fingerprint density at radius 2 is 2.07 bits per heavy atom. The summed E-state index contributed by atoms with van der Waals surface area (Å²) in [6, 6.07) is 5.77. The molecule has 1 aromatic carbocycles. The van der Waals surface area contributed by atoms with Crippen molar-refractivity contribution in [2.75, 3.05) is 0 Å². The van der Waals surface area contributed by atoms with Crippen LogP contribution in [0.1, 0.15) is 35.6 Å². The van der Waals surface area contributed by atoms with E-state index in [4.69, 9.17) is 5.11 Å². The molecule has 0 unspecified atom stereocenters. The molecule has 0 saturated heterocycles. The highest BCUT2D eigenvalue weighted by atomic mass is 16.4. The van der Waals surface area contributed by atoms with Crippen LogP contribution in [0.3, 0.4) is 0 Å². The number of rotatable bonds is 4. The Labute approximate surface area is 89.4 Å². The predicted octanol–water partition coefficient (Wildman–Crippen LogP) is 2.20. The van der Waals surface area contributed by atoms with Gasteiger partial charge in [0.15, 0.2) is 0 Å². The van der Waals surface area contributed by atoms with E-state index < -0.39 is 12.1 Å². The zero-order valence-electron chi connectivity index (χ0n) is 9.03. The number of aliphatic hydroxyl groups excluding tert-OH is 1. The van der Waals surface area contributed by atoms with Gasteiger partial charge in [0.1, 0.15) is 0 Å². The van der Waals surface area contributed by atoms with Crippen molar-refractivity contribution in [2.24, 2.45) is 0 Å². The predicted molar refractivity (Wildman–Crippen MR) is 57.7 cm³/mol. The van der Waals surface area contributed by atoms with Gasteiger partial charge in [-0.1, -0.05) is 23.8 Å². The summed E-state index contributed by atoms with van der Waals surface area (Å²) in [7, 11) is 0. The number of carbonyl (C=O) groups is 1. The largest absolute Gasteiger partial charge is 0.481 e. The maximum absolute atomic E-state index is 10.4. The summed E-state index contributed by atoms with van der Waals surface area (Å²) >= 11 is 0. The number of aryl methyl sites for hydroxylation is 2. The zero-order valence-corrected chi connectivity index (χ0v) is 9.03. The average Bonchev–Trinajstić information content (AvgIpc) is 2.14. The molecule has 0 spiro atoms. The molecule has 0 amide bonds. The van der Waals surface area contributed by atoms with Crippen LogP contribution in [0.4, 0.5) is 0 Å². The molecule has 0 aliphatic heterocycles. The fourth-order valence-electron chi connectivity index (χ4n) is 1.62. The normalized spacial score (nSPS) is 12.5. The molecule has 3 heteroatoms. The lowest BCUT2D eigenvalue weighted by atomic mass is 9.98. The van der Waals surface area contributed by atoms with Gasteiger partial charge in [0, 0.05) is 6.42 Å². The van der Waals surface area contributed by atoms with Gasteiger partial charge in [0.25, 0.3) is 0 Å². The molecule has 0 heterocycles. The lowest BCUT2D eigenvalue weighted by Crippen LogP contribution is -2.04. The van der Waals surface area contributed by atoms with Crippen molar-refractivity contribution >= 4 is 5.97 Å². The molecule has 1 rings (SSSR count). The minimum atomic E-state index is -0.876. The molecule has 0 bridgehead atoms. The molecule has 2 N–H and O–H groups in total. The van der Waals surface area contributed by atoms with E-state index in [9.17, 15) is 9.90 Å². The van der Waals surface area contributed by atoms with E-state index in [2.05, 4.69) is 0 Å². The van der Waals surface area contributed by atoms with Crippen molar-refractivity contribution in [1.29, 1.82) is 0 Å². The molecule has 1 aromatic rings. The summed E-state index contributed by atoms with van der Waals surface area (Å²) in [5, 5.41) is 18.3. The minimum absolute atomic E-state index is 0.00547. The molecule has 3 nitrogen and oxygen atoms in total. The highest BCUT2D eigenvalue weighted by Gasteiger charge is 2.11. The standard InChI is InChI=1S/C12H16O3/c1-8-3-4-10(9(2)7-8)11(13)5-6-12(14)15/h3-4,7,11,13H,5-6H2,1-2H3,(H,14,15)/t11-/m0/s1. The van der Waals surface area contributed by atoms with Crippen LogP contribution in [0.2, 0.25) is 0 Å². The SMILES string of the molecule is Cc1ccc([C@@H](O)CCC(=O)O)c(C)c1. The smallest absolute Gasteiger partial charge is 0.303 e. The Bertz CT molecular complexity index is 358. The number of hydrogen-bond acceptors (Lipinski definition) is 2. The van der Waals surface area contributed by atoms with E-state index >= 15 is 0 Å². The minimum Gasteiger partial charge on any atom is -0.481 e. The molecular weight excluding hydrogens is 192 g/mol. The molecule has 0 saturated carbocycles. The van der Waals surface area contributed by atoms with Crippen LogP contribution in [-0.4, -0.2) is 16.2 Å². The summed E-state index contributed by atoms with van der Waals surface area (Å²) < 4.78 is 0. The summed E-state index contributed by atoms with van der Waals surface area (Å²) in [6.07, 6.45) is -0.421. The van der Waals surface area contributed by atoms with Crippen molar-refractivity contribution in [3.63, 3.8) is 0 Å². The molecule has 82 valence electrons. The summed E-state index contributed by atoms with van der Waals surface area (Å²) in [4.78, 5) is 10.4. The van der Waals surface area contributed by atoms with Gasteiger partial charge in [-0.15, -0.1) is 0 Å². The number of hydrogen-bond donors (Lipinski definition) is 2. The highest BCUT2D eigenvalue weighted by Crippen LogP contribution is 2.22. The first-order chi connectivity index (χ1) is 7.00. The average molecular weight is 208 g/mol. The van der Waals surface area contributed by atoms with Crippen LogP contribution in [0, 0.1) is 13.8 Å². The van der Waals surface area contributed by atoms with E-state index in [1.807, 2.05) is 32.0 Å². The van der Waals surface area contributed by atoms with E-state index in [1.54, 1.807) is 0 Å². The second-order valence-electron chi connectivity index (χ2n) is 3.81. The van der Waals surface area contributed by atoms with Gasteiger partial charge in [-0.3, -0.25) is 4.79 Å². The maximum Gasteiger partial charge on any atom is 0.303 e. The van der Waals surface area contributed by atoms with Gasteiger partial charge in [-0.05, 0) is 31.4 Å². The second kappa shape index (κ2) is 4.94. The third-order valence-corrected chi connectivity index (χ3v) is 2.42. The molecule has 0 radical (unpaired) electrons. The van der Waals surface area contributed by atoms with Gasteiger partial charge < -0.3 is 10.2 Å². The zero-order chi connectivity index (χ0) is 11.4. The fourth-order valence-corrected chi connectivity index (χ4v) is 1.62. The Kier molecular flexibility index (Phi) is 3.86. The quantitative estimate of drug-likeness (QED) is 0.797. The van der Waals surface area contributed by atoms with Gasteiger partial charge in [-0.2, -0.15) is 0 Å². The Morgan fingerprint density at radius 1 is 1.40 bits per heavy atom. The first-order valence-electron chi connectivity index (χ1n) is 4.97. The topological polar surface area (TPSA) is 57.5 Å². The van der Waals surface area contributed by atoms with Crippen molar-refractivity contribution in [2.45, 2.75) is 32.8 Å². The summed E-state index contributed by atoms with van der Waals surface area (Å²) in [5.41, 5.74) is 2.97. The van der Waals surface area contributed by atoms with Gasteiger partial charge in [0.2, 0.25) is 0 Å².